The topological polar surface area (TPSA) is 72.0 Å². The van der Waals surface area contributed by atoms with Crippen molar-refractivity contribution < 1.29 is 8.42 Å². The Kier molecular flexibility index (Phi) is 7.83. The van der Waals surface area contributed by atoms with Crippen LogP contribution in [0.1, 0.15) is 45.1 Å². The summed E-state index contributed by atoms with van der Waals surface area (Å²) in [5.41, 5.74) is 2.89. The van der Waals surface area contributed by atoms with Gasteiger partial charge in [0.25, 0.3) is 0 Å². The summed E-state index contributed by atoms with van der Waals surface area (Å²) in [7, 11) is -3.41. The first-order valence-corrected chi connectivity index (χ1v) is 12.8. The highest BCUT2D eigenvalue weighted by Gasteiger charge is 2.27. The van der Waals surface area contributed by atoms with Crippen molar-refractivity contribution in [2.75, 3.05) is 5.32 Å². The van der Waals surface area contributed by atoms with Gasteiger partial charge in [0.05, 0.1) is 15.8 Å². The molecule has 3 aromatic rings. The predicted octanol–water partition coefficient (Wildman–Crippen LogP) is 5.87. The number of benzene rings is 1. The minimum absolute atomic E-state index is 0.353. The van der Waals surface area contributed by atoms with Crippen LogP contribution in [0.15, 0.2) is 52.9 Å². The van der Waals surface area contributed by atoms with Gasteiger partial charge in [0.2, 0.25) is 5.95 Å². The Morgan fingerprint density at radius 3 is 2.58 bits per heavy atom. The van der Waals surface area contributed by atoms with Gasteiger partial charge in [-0.25, -0.2) is 18.4 Å². The lowest BCUT2D eigenvalue weighted by molar-refractivity contribution is 0.570. The van der Waals surface area contributed by atoms with Crippen LogP contribution in [0, 0.1) is 12.3 Å². The Labute approximate surface area is 188 Å². The van der Waals surface area contributed by atoms with Gasteiger partial charge in [0, 0.05) is 18.3 Å². The minimum atomic E-state index is -3.41. The molecule has 1 atom stereocenters. The summed E-state index contributed by atoms with van der Waals surface area (Å²) in [5, 5.41) is 2.75. The van der Waals surface area contributed by atoms with Gasteiger partial charge in [-0.05, 0) is 55.2 Å². The molecule has 1 unspecified atom stereocenters. The smallest absolute Gasteiger partial charge is 0.227 e. The number of nitrogens with one attached hydrogen (secondary N) is 1. The van der Waals surface area contributed by atoms with Crippen LogP contribution < -0.4 is 5.32 Å². The van der Waals surface area contributed by atoms with E-state index in [9.17, 15) is 8.42 Å². The van der Waals surface area contributed by atoms with Crippen molar-refractivity contribution in [3.63, 3.8) is 0 Å². The molecule has 0 aliphatic carbocycles. The average molecular weight is 454 g/mol. The molecule has 3 rings (SSSR count). The van der Waals surface area contributed by atoms with Crippen LogP contribution in [0.3, 0.4) is 0 Å². The van der Waals surface area contributed by atoms with Gasteiger partial charge in [-0.2, -0.15) is 0 Å². The summed E-state index contributed by atoms with van der Waals surface area (Å²) in [6, 6.07) is 13.5. The van der Waals surface area contributed by atoms with Crippen molar-refractivity contribution in [3.05, 3.63) is 54.2 Å². The lowest BCUT2D eigenvalue weighted by Crippen LogP contribution is -2.19. The first-order chi connectivity index (χ1) is 15.0. The number of rotatable bonds is 10. The number of thiophene rings is 1. The van der Waals surface area contributed by atoms with Crippen molar-refractivity contribution in [3.8, 4) is 22.9 Å². The first-order valence-electron chi connectivity index (χ1n) is 10.4. The summed E-state index contributed by atoms with van der Waals surface area (Å²) in [4.78, 5) is 9.66. The summed E-state index contributed by atoms with van der Waals surface area (Å²) in [6.45, 7) is 4.04. The highest BCUT2D eigenvalue weighted by Crippen LogP contribution is 2.33. The molecule has 2 heterocycles. The van der Waals surface area contributed by atoms with Gasteiger partial charge in [0.1, 0.15) is 4.21 Å². The zero-order valence-electron chi connectivity index (χ0n) is 17.8. The zero-order chi connectivity index (χ0) is 22.3. The molecule has 0 saturated carbocycles. The Morgan fingerprint density at radius 1 is 1.13 bits per heavy atom. The van der Waals surface area contributed by atoms with Gasteiger partial charge in [0.15, 0.2) is 9.84 Å². The molecular formula is C24H27N3O2S2. The maximum absolute atomic E-state index is 13.0. The molecule has 0 spiro atoms. The highest BCUT2D eigenvalue weighted by molar-refractivity contribution is 7.94. The summed E-state index contributed by atoms with van der Waals surface area (Å²) in [5.74, 6) is 3.01. The number of nitrogens with zero attached hydrogens (tertiary/aromatic N) is 2. The predicted molar refractivity (Wildman–Crippen MR) is 128 cm³/mol. The number of hydrogen-bond acceptors (Lipinski definition) is 6. The Balaban J connectivity index is 1.79. The van der Waals surface area contributed by atoms with E-state index in [2.05, 4.69) is 40.3 Å². The quantitative estimate of drug-likeness (QED) is 0.389. The maximum atomic E-state index is 13.0. The van der Waals surface area contributed by atoms with Crippen LogP contribution in [0.5, 0.6) is 0 Å². The van der Waals surface area contributed by atoms with Crippen molar-refractivity contribution in [1.82, 2.24) is 9.97 Å². The molecule has 0 amide bonds. The fraction of sp³-hybridized carbons (Fsp3) is 0.333. The van der Waals surface area contributed by atoms with Gasteiger partial charge < -0.3 is 5.32 Å². The Bertz CT molecular complexity index is 1150. The van der Waals surface area contributed by atoms with E-state index >= 15 is 0 Å². The van der Waals surface area contributed by atoms with Crippen molar-refractivity contribution in [2.24, 2.45) is 0 Å². The average Bonchev–Trinajstić information content (AvgIpc) is 3.27. The van der Waals surface area contributed by atoms with E-state index < -0.39 is 15.1 Å². The van der Waals surface area contributed by atoms with Gasteiger partial charge in [-0.15, -0.1) is 23.7 Å². The second kappa shape index (κ2) is 10.6. The molecule has 7 heteroatoms. The fourth-order valence-electron chi connectivity index (χ4n) is 3.33. The second-order valence-electron chi connectivity index (χ2n) is 7.27. The molecule has 0 fully saturated rings. The van der Waals surface area contributed by atoms with E-state index in [1.165, 1.54) is 16.9 Å². The third-order valence-electron chi connectivity index (χ3n) is 5.02. The van der Waals surface area contributed by atoms with E-state index in [-0.39, 0.29) is 0 Å². The number of terminal acetylenes is 1. The number of anilines is 2. The minimum Gasteiger partial charge on any atom is -0.324 e. The molecule has 1 aromatic carbocycles. The molecule has 2 aromatic heterocycles. The van der Waals surface area contributed by atoms with E-state index in [4.69, 9.17) is 6.42 Å². The van der Waals surface area contributed by atoms with Gasteiger partial charge >= 0.3 is 0 Å². The number of sulfone groups is 1. The van der Waals surface area contributed by atoms with E-state index in [1.54, 1.807) is 24.4 Å². The highest BCUT2D eigenvalue weighted by atomic mass is 32.2. The van der Waals surface area contributed by atoms with E-state index in [1.807, 2.05) is 19.1 Å². The third kappa shape index (κ3) is 5.72. The fourth-order valence-corrected chi connectivity index (χ4v) is 6.63. The molecule has 31 heavy (non-hydrogen) atoms. The molecule has 0 saturated heterocycles. The summed E-state index contributed by atoms with van der Waals surface area (Å²) in [6.07, 6.45) is 10.6. The van der Waals surface area contributed by atoms with Crippen molar-refractivity contribution >= 4 is 32.8 Å². The first kappa shape index (κ1) is 23.0. The summed E-state index contributed by atoms with van der Waals surface area (Å²) < 4.78 is 26.3. The molecule has 162 valence electrons. The maximum Gasteiger partial charge on any atom is 0.227 e. The van der Waals surface area contributed by atoms with Crippen LogP contribution in [0.25, 0.3) is 10.6 Å². The van der Waals surface area contributed by atoms with E-state index in [0.29, 0.717) is 35.1 Å². The molecule has 1 N–H and O–H groups in total. The normalized spacial score (nSPS) is 12.3. The largest absolute Gasteiger partial charge is 0.324 e. The van der Waals surface area contributed by atoms with Crippen molar-refractivity contribution in [1.29, 1.82) is 0 Å². The van der Waals surface area contributed by atoms with Crippen LogP contribution in [0.4, 0.5) is 11.6 Å². The van der Waals surface area contributed by atoms with Crippen LogP contribution >= 0.6 is 11.3 Å². The standard InChI is InChI=1S/C24H27N3O2S2/c1-4-7-9-20(6-3)31(28,29)23-15-14-22(30-23)21-16-17-25-24(27-21)26-19-12-10-18(8-5-2)11-13-19/h1,10-17,20H,5-9H2,2-3H3,(H,25,26,27). The SMILES string of the molecule is C#CCCC(CC)S(=O)(=O)c1ccc(-c2ccnc(Nc3ccc(CCC)cc3)n2)s1. The zero-order valence-corrected chi connectivity index (χ0v) is 19.5. The van der Waals surface area contributed by atoms with Gasteiger partial charge in [-0.3, -0.25) is 0 Å². The second-order valence-corrected chi connectivity index (χ2v) is 10.8. The van der Waals surface area contributed by atoms with Crippen LogP contribution in [0.2, 0.25) is 0 Å². The molecule has 0 aliphatic rings. The molecule has 0 aliphatic heterocycles. The van der Waals surface area contributed by atoms with E-state index in [0.717, 1.165) is 23.4 Å². The molecule has 5 nitrogen and oxygen atoms in total. The molecule has 0 bridgehead atoms. The lowest BCUT2D eigenvalue weighted by atomic mass is 10.1. The molecular weight excluding hydrogens is 426 g/mol. The van der Waals surface area contributed by atoms with Crippen LogP contribution in [-0.2, 0) is 16.3 Å². The Hall–Kier alpha value is -2.69. The van der Waals surface area contributed by atoms with Crippen molar-refractivity contribution in [2.45, 2.75) is 55.4 Å². The number of hydrogen-bond donors (Lipinski definition) is 1. The Morgan fingerprint density at radius 2 is 1.90 bits per heavy atom. The summed E-state index contributed by atoms with van der Waals surface area (Å²) >= 11 is 1.23. The lowest BCUT2D eigenvalue weighted by Gasteiger charge is -2.13. The molecule has 0 radical (unpaired) electrons. The third-order valence-corrected chi connectivity index (χ3v) is 9.02. The number of aryl methyl sites for hydroxylation is 1. The monoisotopic (exact) mass is 453 g/mol. The number of aromatic nitrogens is 2. The van der Waals surface area contributed by atoms with Gasteiger partial charge in [-0.1, -0.05) is 32.4 Å². The van der Waals surface area contributed by atoms with Crippen LogP contribution in [-0.4, -0.2) is 23.6 Å².